The summed E-state index contributed by atoms with van der Waals surface area (Å²) in [6, 6.07) is 8.35. The topological polar surface area (TPSA) is 40.7 Å². The zero-order chi connectivity index (χ0) is 13.8. The van der Waals surface area contributed by atoms with E-state index in [9.17, 15) is 0 Å². The van der Waals surface area contributed by atoms with Gasteiger partial charge in [-0.25, -0.2) is 4.98 Å². The van der Waals surface area contributed by atoms with Gasteiger partial charge in [-0.15, -0.1) is 0 Å². The van der Waals surface area contributed by atoms with Gasteiger partial charge in [0.2, 0.25) is 0 Å². The molecule has 0 saturated carbocycles. The largest absolute Gasteiger partial charge is 0.345 e. The van der Waals surface area contributed by atoms with E-state index in [0.29, 0.717) is 12.0 Å². The molecule has 2 aromatic rings. The molecule has 0 saturated heterocycles. The van der Waals surface area contributed by atoms with Crippen LogP contribution in [0.4, 0.5) is 0 Å². The molecule has 19 heavy (non-hydrogen) atoms. The summed E-state index contributed by atoms with van der Waals surface area (Å²) in [7, 11) is 0. The SMILES string of the molecule is Cc1ncc(CNC(c2ccc(Cl)cc2)C(C)C)[nH]1. The predicted molar refractivity (Wildman–Crippen MR) is 79.2 cm³/mol. The highest BCUT2D eigenvalue weighted by Gasteiger charge is 2.15. The highest BCUT2D eigenvalue weighted by Crippen LogP contribution is 2.23. The number of imidazole rings is 1. The second-order valence-corrected chi connectivity index (χ2v) is 5.58. The van der Waals surface area contributed by atoms with Crippen molar-refractivity contribution in [2.75, 3.05) is 0 Å². The van der Waals surface area contributed by atoms with Gasteiger partial charge < -0.3 is 10.3 Å². The van der Waals surface area contributed by atoms with Gasteiger partial charge in [0.1, 0.15) is 5.82 Å². The van der Waals surface area contributed by atoms with E-state index >= 15 is 0 Å². The minimum Gasteiger partial charge on any atom is -0.345 e. The molecule has 0 aliphatic rings. The van der Waals surface area contributed by atoms with E-state index in [2.05, 4.69) is 41.3 Å². The third-order valence-electron chi connectivity index (χ3n) is 3.16. The molecular weight excluding hydrogens is 258 g/mol. The molecule has 0 amide bonds. The summed E-state index contributed by atoms with van der Waals surface area (Å²) >= 11 is 5.94. The summed E-state index contributed by atoms with van der Waals surface area (Å²) in [6.07, 6.45) is 1.88. The maximum absolute atomic E-state index is 5.94. The molecule has 2 N–H and O–H groups in total. The summed E-state index contributed by atoms with van der Waals surface area (Å²) < 4.78 is 0. The van der Waals surface area contributed by atoms with Crippen molar-refractivity contribution < 1.29 is 0 Å². The Morgan fingerprint density at radius 2 is 1.95 bits per heavy atom. The minimum absolute atomic E-state index is 0.306. The second-order valence-electron chi connectivity index (χ2n) is 5.15. The van der Waals surface area contributed by atoms with Crippen molar-refractivity contribution in [2.24, 2.45) is 5.92 Å². The van der Waals surface area contributed by atoms with Crippen LogP contribution in [0, 0.1) is 12.8 Å². The number of nitrogens with one attached hydrogen (secondary N) is 2. The Hall–Kier alpha value is -1.32. The molecule has 0 radical (unpaired) electrons. The van der Waals surface area contributed by atoms with Crippen LogP contribution < -0.4 is 5.32 Å². The molecule has 4 heteroatoms. The van der Waals surface area contributed by atoms with Crippen molar-refractivity contribution in [3.8, 4) is 0 Å². The van der Waals surface area contributed by atoms with Crippen LogP contribution in [0.15, 0.2) is 30.5 Å². The van der Waals surface area contributed by atoms with E-state index in [0.717, 1.165) is 23.1 Å². The van der Waals surface area contributed by atoms with Gasteiger partial charge in [0, 0.05) is 29.5 Å². The van der Waals surface area contributed by atoms with Crippen LogP contribution in [0.25, 0.3) is 0 Å². The van der Waals surface area contributed by atoms with Crippen LogP contribution in [0.1, 0.15) is 37.0 Å². The number of hydrogen-bond acceptors (Lipinski definition) is 2. The lowest BCUT2D eigenvalue weighted by Gasteiger charge is -2.22. The van der Waals surface area contributed by atoms with Crippen molar-refractivity contribution in [1.82, 2.24) is 15.3 Å². The standard InChI is InChI=1S/C15H20ClN3/c1-10(2)15(12-4-6-13(16)7-5-12)18-9-14-8-17-11(3)19-14/h4-8,10,15,18H,9H2,1-3H3,(H,17,19). The number of rotatable bonds is 5. The van der Waals surface area contributed by atoms with Crippen molar-refractivity contribution in [3.05, 3.63) is 52.6 Å². The average molecular weight is 278 g/mol. The number of nitrogens with zero attached hydrogens (tertiary/aromatic N) is 1. The Bertz CT molecular complexity index is 516. The molecule has 3 nitrogen and oxygen atoms in total. The maximum atomic E-state index is 5.94. The molecule has 1 unspecified atom stereocenters. The van der Waals surface area contributed by atoms with Crippen molar-refractivity contribution in [1.29, 1.82) is 0 Å². The van der Waals surface area contributed by atoms with E-state index in [4.69, 9.17) is 11.6 Å². The third kappa shape index (κ3) is 3.82. The quantitative estimate of drug-likeness (QED) is 0.871. The molecule has 0 bridgehead atoms. The Morgan fingerprint density at radius 3 is 2.47 bits per heavy atom. The van der Waals surface area contributed by atoms with Crippen LogP contribution in [0.2, 0.25) is 5.02 Å². The smallest absolute Gasteiger partial charge is 0.103 e. The van der Waals surface area contributed by atoms with Crippen molar-refractivity contribution in [3.63, 3.8) is 0 Å². The fourth-order valence-electron chi connectivity index (χ4n) is 2.19. The number of aromatic amines is 1. The lowest BCUT2D eigenvalue weighted by Crippen LogP contribution is -2.25. The molecule has 102 valence electrons. The van der Waals surface area contributed by atoms with Gasteiger partial charge in [-0.05, 0) is 30.5 Å². The number of H-pyrrole nitrogens is 1. The fraction of sp³-hybridized carbons (Fsp3) is 0.400. The fourth-order valence-corrected chi connectivity index (χ4v) is 2.32. The summed E-state index contributed by atoms with van der Waals surface area (Å²) in [5.41, 5.74) is 2.37. The number of halogens is 1. The lowest BCUT2D eigenvalue weighted by atomic mass is 9.96. The van der Waals surface area contributed by atoms with Gasteiger partial charge in [-0.1, -0.05) is 37.6 Å². The van der Waals surface area contributed by atoms with E-state index in [-0.39, 0.29) is 0 Å². The van der Waals surface area contributed by atoms with E-state index in [1.165, 1.54) is 5.56 Å². The number of aromatic nitrogens is 2. The Morgan fingerprint density at radius 1 is 1.26 bits per heavy atom. The van der Waals surface area contributed by atoms with Crippen molar-refractivity contribution in [2.45, 2.75) is 33.4 Å². The molecule has 1 heterocycles. The van der Waals surface area contributed by atoms with E-state index in [1.807, 2.05) is 25.3 Å². The first kappa shape index (κ1) is 14.1. The molecule has 0 spiro atoms. The monoisotopic (exact) mass is 277 g/mol. The van der Waals surface area contributed by atoms with Gasteiger partial charge in [-0.3, -0.25) is 0 Å². The Kier molecular flexibility index (Phi) is 4.61. The first-order valence-corrected chi connectivity index (χ1v) is 6.93. The molecule has 1 aromatic carbocycles. The number of benzene rings is 1. The summed E-state index contributed by atoms with van der Waals surface area (Å²) in [5, 5.41) is 4.34. The van der Waals surface area contributed by atoms with Crippen LogP contribution >= 0.6 is 11.6 Å². The van der Waals surface area contributed by atoms with E-state index < -0.39 is 0 Å². The highest BCUT2D eigenvalue weighted by molar-refractivity contribution is 6.30. The average Bonchev–Trinajstić information content (AvgIpc) is 2.77. The molecule has 1 aromatic heterocycles. The molecule has 0 fully saturated rings. The second kappa shape index (κ2) is 6.22. The normalized spacial score (nSPS) is 12.9. The predicted octanol–water partition coefficient (Wildman–Crippen LogP) is 3.86. The summed E-state index contributed by atoms with van der Waals surface area (Å²) in [4.78, 5) is 7.45. The van der Waals surface area contributed by atoms with E-state index in [1.54, 1.807) is 0 Å². The third-order valence-corrected chi connectivity index (χ3v) is 3.42. The van der Waals surface area contributed by atoms with Gasteiger partial charge >= 0.3 is 0 Å². The Balaban J connectivity index is 2.06. The highest BCUT2D eigenvalue weighted by atomic mass is 35.5. The molecular formula is C15H20ClN3. The first-order valence-electron chi connectivity index (χ1n) is 6.55. The maximum Gasteiger partial charge on any atom is 0.103 e. The summed E-state index contributed by atoms with van der Waals surface area (Å²) in [5.74, 6) is 1.45. The molecule has 0 aliphatic carbocycles. The van der Waals surface area contributed by atoms with Crippen LogP contribution in [-0.4, -0.2) is 9.97 Å². The van der Waals surface area contributed by atoms with Crippen LogP contribution in [-0.2, 0) is 6.54 Å². The van der Waals surface area contributed by atoms with Gasteiger partial charge in [0.05, 0.1) is 0 Å². The summed E-state index contributed by atoms with van der Waals surface area (Å²) in [6.45, 7) is 7.17. The zero-order valence-electron chi connectivity index (χ0n) is 11.6. The Labute approximate surface area is 119 Å². The minimum atomic E-state index is 0.306. The van der Waals surface area contributed by atoms with Crippen molar-refractivity contribution >= 4 is 11.6 Å². The van der Waals surface area contributed by atoms with Gasteiger partial charge in [0.15, 0.2) is 0 Å². The lowest BCUT2D eigenvalue weighted by molar-refractivity contribution is 0.409. The number of aryl methyl sites for hydroxylation is 1. The zero-order valence-corrected chi connectivity index (χ0v) is 12.3. The van der Waals surface area contributed by atoms with Gasteiger partial charge in [-0.2, -0.15) is 0 Å². The van der Waals surface area contributed by atoms with Crippen LogP contribution in [0.3, 0.4) is 0 Å². The molecule has 0 aliphatic heterocycles. The number of hydrogen-bond donors (Lipinski definition) is 2. The van der Waals surface area contributed by atoms with Crippen LogP contribution in [0.5, 0.6) is 0 Å². The van der Waals surface area contributed by atoms with Gasteiger partial charge in [0.25, 0.3) is 0 Å². The first-order chi connectivity index (χ1) is 9.06. The molecule has 1 atom stereocenters. The molecule has 2 rings (SSSR count).